The molecule has 0 unspecified atom stereocenters. The molecule has 0 aromatic rings. The third-order valence-electron chi connectivity index (χ3n) is 6.07. The molecule has 1 saturated carbocycles. The number of hydrogen-bond donors (Lipinski definition) is 0. The van der Waals surface area contributed by atoms with Crippen molar-refractivity contribution in [1.82, 2.24) is 4.90 Å². The number of methoxy groups -OCH3 is 1. The maximum atomic E-state index is 13.4. The van der Waals surface area contributed by atoms with Gasteiger partial charge in [0.15, 0.2) is 0 Å². The molecule has 0 aromatic heterocycles. The Morgan fingerprint density at radius 2 is 1.34 bits per heavy atom. The minimum atomic E-state index is -1.17. The predicted octanol–water partition coefficient (Wildman–Crippen LogP) is 5.38. The molecule has 0 aromatic carbocycles. The maximum Gasteiger partial charge on any atom is 0.420 e. The number of ether oxygens (including phenoxy) is 5. The SMILES string of the molecule is CO[C@H]1CCCC[C@H](N(C(=O)OC(C)(C)C)C(=O)OC(C)(C)C)C(=O)O[C@@H](C)[C@@H]1OC1CCCC1. The quantitative estimate of drug-likeness (QED) is 0.376. The van der Waals surface area contributed by atoms with Gasteiger partial charge in [-0.2, -0.15) is 4.90 Å². The monoisotopic (exact) mass is 499 g/mol. The topological polar surface area (TPSA) is 101 Å². The predicted molar refractivity (Wildman–Crippen MR) is 130 cm³/mol. The van der Waals surface area contributed by atoms with Gasteiger partial charge < -0.3 is 23.7 Å². The van der Waals surface area contributed by atoms with E-state index in [1.54, 1.807) is 55.6 Å². The van der Waals surface area contributed by atoms with E-state index in [1.165, 1.54) is 0 Å². The van der Waals surface area contributed by atoms with Gasteiger partial charge in [-0.05, 0) is 74.1 Å². The van der Waals surface area contributed by atoms with Crippen LogP contribution in [0.3, 0.4) is 0 Å². The van der Waals surface area contributed by atoms with Crippen LogP contribution in [-0.4, -0.2) is 71.8 Å². The molecule has 9 heteroatoms. The highest BCUT2D eigenvalue weighted by Gasteiger charge is 2.43. The molecule has 0 radical (unpaired) electrons. The first-order valence-corrected chi connectivity index (χ1v) is 12.9. The first-order valence-electron chi connectivity index (χ1n) is 12.9. The molecule has 2 amide bonds. The summed E-state index contributed by atoms with van der Waals surface area (Å²) >= 11 is 0. The lowest BCUT2D eigenvalue weighted by atomic mass is 9.98. The molecule has 9 nitrogen and oxygen atoms in total. The lowest BCUT2D eigenvalue weighted by molar-refractivity contribution is -0.178. The largest absolute Gasteiger partial charge is 0.458 e. The van der Waals surface area contributed by atoms with E-state index >= 15 is 0 Å². The fraction of sp³-hybridized carbons (Fsp3) is 0.885. The van der Waals surface area contributed by atoms with Crippen LogP contribution in [0.2, 0.25) is 0 Å². The number of amides is 2. The molecule has 2 fully saturated rings. The van der Waals surface area contributed by atoms with Gasteiger partial charge in [0.25, 0.3) is 0 Å². The second-order valence-electron chi connectivity index (χ2n) is 11.6. The number of hydrogen-bond acceptors (Lipinski definition) is 8. The summed E-state index contributed by atoms with van der Waals surface area (Å²) in [5.74, 6) is -0.689. The first-order chi connectivity index (χ1) is 16.2. The molecule has 35 heavy (non-hydrogen) atoms. The summed E-state index contributed by atoms with van der Waals surface area (Å²) in [6, 6.07) is -1.17. The zero-order valence-corrected chi connectivity index (χ0v) is 22.8. The molecule has 0 bridgehead atoms. The van der Waals surface area contributed by atoms with Crippen molar-refractivity contribution in [2.45, 2.75) is 141 Å². The molecule has 0 N–H and O–H groups in total. The molecule has 4 atom stereocenters. The number of imide groups is 1. The molecule has 0 spiro atoms. The molecule has 1 aliphatic carbocycles. The van der Waals surface area contributed by atoms with Crippen LogP contribution in [0.1, 0.15) is 99.8 Å². The Bertz CT molecular complexity index is 692. The standard InChI is InChI=1S/C26H45NO8/c1-17-21(33-18-13-9-10-14-18)20(31-8)16-12-11-15-19(22(28)32-17)27(23(29)34-25(2,3)4)24(30)35-26(5,6)7/h17-21H,9-16H2,1-8H3/t17-,19-,20-,21-/m0/s1. The molecule has 1 aliphatic heterocycles. The highest BCUT2D eigenvalue weighted by atomic mass is 16.6. The van der Waals surface area contributed by atoms with Crippen molar-refractivity contribution in [1.29, 1.82) is 0 Å². The molecule has 202 valence electrons. The van der Waals surface area contributed by atoms with Gasteiger partial charge in [0, 0.05) is 7.11 Å². The van der Waals surface area contributed by atoms with Crippen LogP contribution >= 0.6 is 0 Å². The molecule has 1 saturated heterocycles. The summed E-state index contributed by atoms with van der Waals surface area (Å²) in [7, 11) is 1.64. The smallest absolute Gasteiger partial charge is 0.420 e. The van der Waals surface area contributed by atoms with Crippen LogP contribution in [0.15, 0.2) is 0 Å². The van der Waals surface area contributed by atoms with Gasteiger partial charge in [-0.15, -0.1) is 0 Å². The van der Waals surface area contributed by atoms with Crippen LogP contribution in [0.4, 0.5) is 9.59 Å². The van der Waals surface area contributed by atoms with Gasteiger partial charge in [-0.1, -0.05) is 25.7 Å². The Balaban J connectivity index is 2.31. The van der Waals surface area contributed by atoms with Gasteiger partial charge in [-0.3, -0.25) is 0 Å². The number of carbonyl (C=O) groups excluding carboxylic acids is 3. The van der Waals surface area contributed by atoms with Crippen LogP contribution < -0.4 is 0 Å². The lowest BCUT2D eigenvalue weighted by Gasteiger charge is -2.36. The van der Waals surface area contributed by atoms with Crippen LogP contribution in [0.25, 0.3) is 0 Å². The lowest BCUT2D eigenvalue weighted by Crippen LogP contribution is -2.54. The summed E-state index contributed by atoms with van der Waals surface area (Å²) in [6.45, 7) is 11.9. The molecular formula is C26H45NO8. The normalized spacial score (nSPS) is 27.1. The highest BCUT2D eigenvalue weighted by Crippen LogP contribution is 2.29. The zero-order chi connectivity index (χ0) is 26.4. The van der Waals surface area contributed by atoms with Gasteiger partial charge in [-0.25, -0.2) is 14.4 Å². The third-order valence-corrected chi connectivity index (χ3v) is 6.07. The Morgan fingerprint density at radius 1 is 0.857 bits per heavy atom. The first kappa shape index (κ1) is 29.4. The van der Waals surface area contributed by atoms with Gasteiger partial charge in [0.1, 0.15) is 29.5 Å². The van der Waals surface area contributed by atoms with E-state index in [4.69, 9.17) is 23.7 Å². The minimum absolute atomic E-state index is 0.109. The second kappa shape index (κ2) is 12.4. The number of cyclic esters (lactones) is 1. The van der Waals surface area contributed by atoms with Gasteiger partial charge in [0.05, 0.1) is 12.2 Å². The van der Waals surface area contributed by atoms with E-state index in [2.05, 4.69) is 0 Å². The number of rotatable bonds is 4. The maximum absolute atomic E-state index is 13.4. The summed E-state index contributed by atoms with van der Waals surface area (Å²) in [4.78, 5) is 40.4. The van der Waals surface area contributed by atoms with E-state index in [9.17, 15) is 14.4 Å². The summed E-state index contributed by atoms with van der Waals surface area (Å²) in [5, 5.41) is 0. The van der Waals surface area contributed by atoms with Crippen LogP contribution in [-0.2, 0) is 28.5 Å². The van der Waals surface area contributed by atoms with E-state index in [0.29, 0.717) is 12.8 Å². The number of nitrogens with zero attached hydrogens (tertiary/aromatic N) is 1. The third kappa shape index (κ3) is 9.26. The van der Waals surface area contributed by atoms with Gasteiger partial charge >= 0.3 is 18.2 Å². The Hall–Kier alpha value is -1.87. The van der Waals surface area contributed by atoms with Crippen molar-refractivity contribution in [2.24, 2.45) is 0 Å². The van der Waals surface area contributed by atoms with E-state index < -0.39 is 47.6 Å². The van der Waals surface area contributed by atoms with Crippen molar-refractivity contribution in [3.8, 4) is 0 Å². The van der Waals surface area contributed by atoms with Crippen molar-refractivity contribution in [3.63, 3.8) is 0 Å². The molecule has 1 heterocycles. The average molecular weight is 500 g/mol. The fourth-order valence-corrected chi connectivity index (χ4v) is 4.48. The van der Waals surface area contributed by atoms with Crippen molar-refractivity contribution in [3.05, 3.63) is 0 Å². The highest BCUT2D eigenvalue weighted by molar-refractivity contribution is 5.94. The molecule has 2 aliphatic rings. The summed E-state index contributed by atoms with van der Waals surface area (Å²) in [6.07, 6.45) is 3.37. The van der Waals surface area contributed by atoms with Crippen LogP contribution in [0, 0.1) is 0 Å². The van der Waals surface area contributed by atoms with Gasteiger partial charge in [0.2, 0.25) is 0 Å². The van der Waals surface area contributed by atoms with E-state index in [0.717, 1.165) is 37.0 Å². The minimum Gasteiger partial charge on any atom is -0.458 e. The second-order valence-corrected chi connectivity index (χ2v) is 11.6. The van der Waals surface area contributed by atoms with E-state index in [1.807, 2.05) is 0 Å². The number of esters is 1. The summed E-state index contributed by atoms with van der Waals surface area (Å²) in [5.41, 5.74) is -1.73. The molecular weight excluding hydrogens is 454 g/mol. The van der Waals surface area contributed by atoms with Crippen molar-refractivity contribution < 1.29 is 38.1 Å². The fourth-order valence-electron chi connectivity index (χ4n) is 4.48. The average Bonchev–Trinajstić information content (AvgIpc) is 3.21. The summed E-state index contributed by atoms with van der Waals surface area (Å²) < 4.78 is 28.9. The Morgan fingerprint density at radius 3 is 1.83 bits per heavy atom. The zero-order valence-electron chi connectivity index (χ0n) is 22.8. The Labute approximate surface area is 210 Å². The van der Waals surface area contributed by atoms with Crippen LogP contribution in [0.5, 0.6) is 0 Å². The van der Waals surface area contributed by atoms with Crippen molar-refractivity contribution >= 4 is 18.2 Å². The Kier molecular flexibility index (Phi) is 10.4. The van der Waals surface area contributed by atoms with Crippen molar-refractivity contribution in [2.75, 3.05) is 7.11 Å². The van der Waals surface area contributed by atoms with E-state index in [-0.39, 0.29) is 18.6 Å². The number of carbonyl (C=O) groups is 3. The molecule has 2 rings (SSSR count).